The molecule has 0 aromatic rings. The van der Waals surface area contributed by atoms with Gasteiger partial charge in [-0.25, -0.2) is 4.79 Å². The molecule has 0 amide bonds. The van der Waals surface area contributed by atoms with Crippen molar-refractivity contribution < 1.29 is 9.90 Å². The highest BCUT2D eigenvalue weighted by atomic mass is 16.4. The van der Waals surface area contributed by atoms with Gasteiger partial charge in [-0.1, -0.05) is 19.8 Å². The first-order valence-electron chi connectivity index (χ1n) is 5.31. The van der Waals surface area contributed by atoms with E-state index >= 15 is 0 Å². The largest absolute Gasteiger partial charge is 0.478 e. The summed E-state index contributed by atoms with van der Waals surface area (Å²) in [5.41, 5.74) is 0. The van der Waals surface area contributed by atoms with Gasteiger partial charge in [-0.15, -0.1) is 0 Å². The van der Waals surface area contributed by atoms with Crippen LogP contribution < -0.4 is 5.32 Å². The monoisotopic (exact) mass is 197 g/mol. The van der Waals surface area contributed by atoms with Crippen molar-refractivity contribution in [3.05, 3.63) is 12.3 Å². The third-order valence-corrected chi connectivity index (χ3v) is 2.80. The second kappa shape index (κ2) is 5.68. The standard InChI is InChI=1S/C11H19NO2/c1-9-3-2-4-10(7-9)8-12-6-5-11(13)14/h5-6,9-10,12H,2-4,7-8H2,1H3,(H,13,14)/b6-5+. The highest BCUT2D eigenvalue weighted by Crippen LogP contribution is 2.27. The van der Waals surface area contributed by atoms with E-state index in [1.807, 2.05) is 0 Å². The average Bonchev–Trinajstić information content (AvgIpc) is 2.12. The summed E-state index contributed by atoms with van der Waals surface area (Å²) >= 11 is 0. The van der Waals surface area contributed by atoms with E-state index in [-0.39, 0.29) is 0 Å². The maximum atomic E-state index is 10.2. The van der Waals surface area contributed by atoms with E-state index in [2.05, 4.69) is 12.2 Å². The zero-order valence-electron chi connectivity index (χ0n) is 8.70. The topological polar surface area (TPSA) is 49.3 Å². The number of hydrogen-bond acceptors (Lipinski definition) is 2. The lowest BCUT2D eigenvalue weighted by Gasteiger charge is -2.26. The quantitative estimate of drug-likeness (QED) is 0.678. The fourth-order valence-electron chi connectivity index (χ4n) is 2.11. The molecule has 2 N–H and O–H groups in total. The van der Waals surface area contributed by atoms with Gasteiger partial charge < -0.3 is 10.4 Å². The summed E-state index contributed by atoms with van der Waals surface area (Å²) in [6, 6.07) is 0. The maximum absolute atomic E-state index is 10.2. The van der Waals surface area contributed by atoms with Crippen LogP contribution >= 0.6 is 0 Å². The van der Waals surface area contributed by atoms with E-state index in [0.717, 1.165) is 24.5 Å². The summed E-state index contributed by atoms with van der Waals surface area (Å²) in [5, 5.41) is 11.4. The predicted molar refractivity (Wildman–Crippen MR) is 55.9 cm³/mol. The molecule has 0 bridgehead atoms. The Hall–Kier alpha value is -0.990. The maximum Gasteiger partial charge on any atom is 0.329 e. The molecule has 0 radical (unpaired) electrons. The Morgan fingerprint density at radius 1 is 1.57 bits per heavy atom. The van der Waals surface area contributed by atoms with Crippen LogP contribution in [0.3, 0.4) is 0 Å². The highest BCUT2D eigenvalue weighted by molar-refractivity contribution is 5.79. The summed E-state index contributed by atoms with van der Waals surface area (Å²) in [5.74, 6) is 0.658. The minimum atomic E-state index is -0.894. The lowest BCUT2D eigenvalue weighted by molar-refractivity contribution is -0.131. The minimum Gasteiger partial charge on any atom is -0.478 e. The molecule has 2 atom stereocenters. The molecule has 2 unspecified atom stereocenters. The number of carbonyl (C=O) groups is 1. The van der Waals surface area contributed by atoms with Crippen molar-refractivity contribution in [2.45, 2.75) is 32.6 Å². The molecule has 3 nitrogen and oxygen atoms in total. The van der Waals surface area contributed by atoms with Gasteiger partial charge in [0.05, 0.1) is 0 Å². The highest BCUT2D eigenvalue weighted by Gasteiger charge is 2.17. The Morgan fingerprint density at radius 2 is 2.36 bits per heavy atom. The van der Waals surface area contributed by atoms with Crippen LogP contribution in [-0.2, 0) is 4.79 Å². The molecule has 80 valence electrons. The summed E-state index contributed by atoms with van der Waals surface area (Å²) in [6.45, 7) is 3.20. The van der Waals surface area contributed by atoms with Crippen molar-refractivity contribution in [3.8, 4) is 0 Å². The molecular formula is C11H19NO2. The number of carboxylic acid groups (broad SMARTS) is 1. The Labute approximate surface area is 85.2 Å². The van der Waals surface area contributed by atoms with Gasteiger partial charge in [0, 0.05) is 18.8 Å². The Morgan fingerprint density at radius 3 is 3.00 bits per heavy atom. The van der Waals surface area contributed by atoms with Crippen LogP contribution in [0.25, 0.3) is 0 Å². The molecule has 0 spiro atoms. The van der Waals surface area contributed by atoms with Crippen molar-refractivity contribution in [2.24, 2.45) is 11.8 Å². The summed E-state index contributed by atoms with van der Waals surface area (Å²) in [4.78, 5) is 10.2. The molecule has 1 aliphatic carbocycles. The van der Waals surface area contributed by atoms with Crippen molar-refractivity contribution in [2.75, 3.05) is 6.54 Å². The van der Waals surface area contributed by atoms with Crippen LogP contribution in [-0.4, -0.2) is 17.6 Å². The average molecular weight is 197 g/mol. The smallest absolute Gasteiger partial charge is 0.329 e. The normalized spacial score (nSPS) is 27.8. The molecule has 3 heteroatoms. The van der Waals surface area contributed by atoms with Gasteiger partial charge >= 0.3 is 5.97 Å². The van der Waals surface area contributed by atoms with Crippen LogP contribution in [0.4, 0.5) is 0 Å². The zero-order chi connectivity index (χ0) is 10.4. The Kier molecular flexibility index (Phi) is 4.50. The lowest BCUT2D eigenvalue weighted by atomic mass is 9.82. The van der Waals surface area contributed by atoms with Crippen molar-refractivity contribution >= 4 is 5.97 Å². The van der Waals surface area contributed by atoms with Gasteiger partial charge in [0.2, 0.25) is 0 Å². The lowest BCUT2D eigenvalue weighted by Crippen LogP contribution is -2.23. The molecule has 14 heavy (non-hydrogen) atoms. The number of hydrogen-bond donors (Lipinski definition) is 2. The van der Waals surface area contributed by atoms with Crippen molar-refractivity contribution in [1.29, 1.82) is 0 Å². The fourth-order valence-corrected chi connectivity index (χ4v) is 2.11. The van der Waals surface area contributed by atoms with E-state index in [1.54, 1.807) is 0 Å². The molecule has 0 aromatic heterocycles. The van der Waals surface area contributed by atoms with E-state index < -0.39 is 5.97 Å². The fraction of sp³-hybridized carbons (Fsp3) is 0.727. The summed E-state index contributed by atoms with van der Waals surface area (Å²) in [6.07, 6.45) is 7.89. The molecule has 1 fully saturated rings. The number of aliphatic carboxylic acids is 1. The number of nitrogens with one attached hydrogen (secondary N) is 1. The van der Waals surface area contributed by atoms with Gasteiger partial charge in [0.15, 0.2) is 0 Å². The first-order valence-corrected chi connectivity index (χ1v) is 5.31. The van der Waals surface area contributed by atoms with Crippen molar-refractivity contribution in [3.63, 3.8) is 0 Å². The molecular weight excluding hydrogens is 178 g/mol. The van der Waals surface area contributed by atoms with Crippen LogP contribution in [0.15, 0.2) is 12.3 Å². The summed E-state index contributed by atoms with van der Waals surface area (Å²) < 4.78 is 0. The molecule has 1 saturated carbocycles. The molecule has 0 aliphatic heterocycles. The first kappa shape index (κ1) is 11.1. The molecule has 0 heterocycles. The molecule has 0 aromatic carbocycles. The van der Waals surface area contributed by atoms with Gasteiger partial charge in [0.1, 0.15) is 0 Å². The van der Waals surface area contributed by atoms with E-state index in [1.165, 1.54) is 31.9 Å². The van der Waals surface area contributed by atoms with Gasteiger partial charge in [-0.3, -0.25) is 0 Å². The van der Waals surface area contributed by atoms with E-state index in [9.17, 15) is 4.79 Å². The molecule has 1 rings (SSSR count). The van der Waals surface area contributed by atoms with Gasteiger partial charge in [-0.05, 0) is 24.7 Å². The van der Waals surface area contributed by atoms with Crippen LogP contribution in [0.5, 0.6) is 0 Å². The second-order valence-electron chi connectivity index (χ2n) is 4.22. The second-order valence-corrected chi connectivity index (χ2v) is 4.22. The van der Waals surface area contributed by atoms with Gasteiger partial charge in [-0.2, -0.15) is 0 Å². The number of carboxylic acids is 1. The Balaban J connectivity index is 2.14. The SMILES string of the molecule is CC1CCCC(CN/C=C/C(=O)O)C1. The number of rotatable bonds is 4. The van der Waals surface area contributed by atoms with Crippen LogP contribution in [0.2, 0.25) is 0 Å². The van der Waals surface area contributed by atoms with Gasteiger partial charge in [0.25, 0.3) is 0 Å². The predicted octanol–water partition coefficient (Wildman–Crippen LogP) is 2.00. The molecule has 1 aliphatic rings. The minimum absolute atomic E-state index is 0.720. The van der Waals surface area contributed by atoms with Crippen molar-refractivity contribution in [1.82, 2.24) is 5.32 Å². The van der Waals surface area contributed by atoms with E-state index in [4.69, 9.17) is 5.11 Å². The zero-order valence-corrected chi connectivity index (χ0v) is 8.70. The third kappa shape index (κ3) is 4.30. The Bertz CT molecular complexity index is 213. The van der Waals surface area contributed by atoms with E-state index in [0.29, 0.717) is 0 Å². The molecule has 0 saturated heterocycles. The first-order chi connectivity index (χ1) is 6.68. The van der Waals surface area contributed by atoms with Crippen LogP contribution in [0.1, 0.15) is 32.6 Å². The third-order valence-electron chi connectivity index (χ3n) is 2.80. The van der Waals surface area contributed by atoms with Crippen LogP contribution in [0, 0.1) is 11.8 Å². The summed E-state index contributed by atoms with van der Waals surface area (Å²) in [7, 11) is 0.